The monoisotopic (exact) mass is 607 g/mol. The van der Waals surface area contributed by atoms with Crippen molar-refractivity contribution in [3.8, 4) is 17.0 Å². The van der Waals surface area contributed by atoms with Crippen LogP contribution in [0.5, 0.6) is 5.75 Å². The number of anilines is 1. The van der Waals surface area contributed by atoms with E-state index in [2.05, 4.69) is 15.0 Å². The van der Waals surface area contributed by atoms with Crippen LogP contribution in [0.4, 0.5) is 14.5 Å². The third-order valence-electron chi connectivity index (χ3n) is 7.93. The van der Waals surface area contributed by atoms with Gasteiger partial charge < -0.3 is 19.4 Å². The number of nitrogens with zero attached hydrogens (tertiary/aromatic N) is 7. The number of amides is 1. The fourth-order valence-corrected chi connectivity index (χ4v) is 6.81. The Kier molecular flexibility index (Phi) is 8.23. The first-order chi connectivity index (χ1) is 20.7. The molecule has 3 aromatic heterocycles. The first kappa shape index (κ1) is 29.3. The van der Waals surface area contributed by atoms with Gasteiger partial charge in [0, 0.05) is 43.2 Å². The van der Waals surface area contributed by atoms with Crippen molar-refractivity contribution in [3.63, 3.8) is 0 Å². The van der Waals surface area contributed by atoms with Crippen LogP contribution in [-0.4, -0.2) is 88.6 Å². The largest absolute Gasteiger partial charge is 0.486 e. The van der Waals surface area contributed by atoms with Crippen LogP contribution in [-0.2, 0) is 11.2 Å². The van der Waals surface area contributed by atoms with Gasteiger partial charge in [0.1, 0.15) is 28.5 Å². The Bertz CT molecular complexity index is 1650. The lowest BCUT2D eigenvalue weighted by Gasteiger charge is -2.34. The summed E-state index contributed by atoms with van der Waals surface area (Å²) in [6.07, 6.45) is 4.98. The highest BCUT2D eigenvalue weighted by Crippen LogP contribution is 2.39. The highest BCUT2D eigenvalue weighted by molar-refractivity contribution is 7.18. The number of piperidine rings is 1. The van der Waals surface area contributed by atoms with Crippen LogP contribution in [0.15, 0.2) is 30.6 Å². The lowest BCUT2D eigenvalue weighted by molar-refractivity contribution is -0.132. The Balaban J connectivity index is 1.20. The number of carbonyl (C=O) groups is 1. The maximum atomic E-state index is 15.1. The van der Waals surface area contributed by atoms with Gasteiger partial charge in [0.2, 0.25) is 5.91 Å². The van der Waals surface area contributed by atoms with Gasteiger partial charge in [-0.15, -0.1) is 0 Å². The summed E-state index contributed by atoms with van der Waals surface area (Å²) in [5, 5.41) is 1.04. The molecule has 2 aliphatic heterocycles. The number of aromatic nitrogens is 4. The van der Waals surface area contributed by atoms with Crippen LogP contribution in [0.2, 0.25) is 0 Å². The summed E-state index contributed by atoms with van der Waals surface area (Å²) >= 11 is 1.59. The number of rotatable bonds is 7. The molecule has 6 rings (SSSR count). The molecule has 0 unspecified atom stereocenters. The van der Waals surface area contributed by atoms with Gasteiger partial charge in [-0.3, -0.25) is 4.79 Å². The van der Waals surface area contributed by atoms with Crippen molar-refractivity contribution in [1.82, 2.24) is 29.7 Å². The second-order valence-electron chi connectivity index (χ2n) is 11.7. The first-order valence-corrected chi connectivity index (χ1v) is 15.4. The molecule has 2 aliphatic rings. The van der Waals surface area contributed by atoms with E-state index in [-0.39, 0.29) is 23.4 Å². The van der Waals surface area contributed by atoms with Crippen molar-refractivity contribution in [2.75, 3.05) is 51.8 Å². The maximum Gasteiger partial charge on any atom is 0.236 e. The molecule has 1 amide bonds. The smallest absolute Gasteiger partial charge is 0.236 e. The van der Waals surface area contributed by atoms with Crippen molar-refractivity contribution in [2.24, 2.45) is 0 Å². The van der Waals surface area contributed by atoms with E-state index in [1.54, 1.807) is 23.6 Å². The highest BCUT2D eigenvalue weighted by Gasteiger charge is 2.27. The minimum absolute atomic E-state index is 0.0429. The molecule has 1 fully saturated rings. The number of likely N-dealkylation sites (N-methyl/N-ethyl adjacent to an activating group) is 1. The molecule has 5 heterocycles. The minimum atomic E-state index is -0.622. The summed E-state index contributed by atoms with van der Waals surface area (Å²) in [5.74, 6) is -0.126. The zero-order chi connectivity index (χ0) is 30.2. The molecule has 0 saturated carbocycles. The van der Waals surface area contributed by atoms with E-state index >= 15 is 4.39 Å². The molecular formula is C31H35F2N7O2S. The molecule has 0 aliphatic carbocycles. The molecular weight excluding hydrogens is 572 g/mol. The van der Waals surface area contributed by atoms with E-state index in [0.717, 1.165) is 53.0 Å². The molecule has 0 radical (unpaired) electrons. The summed E-state index contributed by atoms with van der Waals surface area (Å²) in [7, 11) is 3.81. The van der Waals surface area contributed by atoms with Crippen LogP contribution < -0.4 is 9.64 Å². The van der Waals surface area contributed by atoms with Crippen LogP contribution in [0, 0.1) is 11.6 Å². The number of carbonyl (C=O) groups excluding carboxylic acids is 1. The first-order valence-electron chi connectivity index (χ1n) is 14.6. The Morgan fingerprint density at radius 3 is 2.60 bits per heavy atom. The van der Waals surface area contributed by atoms with Crippen LogP contribution >= 0.6 is 11.3 Å². The molecule has 1 saturated heterocycles. The molecule has 1 aromatic carbocycles. The summed E-state index contributed by atoms with van der Waals surface area (Å²) < 4.78 is 35.6. The summed E-state index contributed by atoms with van der Waals surface area (Å²) in [6.45, 7) is 6.94. The van der Waals surface area contributed by atoms with Crippen molar-refractivity contribution in [2.45, 2.75) is 45.1 Å². The number of pyridine rings is 1. The number of halogens is 2. The number of hydrogen-bond donors (Lipinski definition) is 0. The fourth-order valence-electron chi connectivity index (χ4n) is 5.75. The molecule has 0 spiro atoms. The van der Waals surface area contributed by atoms with Gasteiger partial charge >= 0.3 is 0 Å². The second kappa shape index (κ2) is 12.1. The summed E-state index contributed by atoms with van der Waals surface area (Å²) in [5.41, 5.74) is 2.62. The number of fused-ring (bicyclic) bond motifs is 2. The van der Waals surface area contributed by atoms with E-state index in [0.29, 0.717) is 49.1 Å². The average Bonchev–Trinajstić information content (AvgIpc) is 3.41. The van der Waals surface area contributed by atoms with E-state index in [1.807, 2.05) is 48.7 Å². The normalized spacial score (nSPS) is 15.8. The van der Waals surface area contributed by atoms with E-state index in [1.165, 1.54) is 6.07 Å². The SMILES string of the molecule is CC(C)N1CCOc2c(F)cc(-c3nc(Cc4cnc5sc(C6CCN(C(=O)CN(C)C)CC6)nc5c4)ncc3F)cc21. The van der Waals surface area contributed by atoms with Gasteiger partial charge in [-0.2, -0.15) is 0 Å². The van der Waals surface area contributed by atoms with Gasteiger partial charge in [0.25, 0.3) is 0 Å². The van der Waals surface area contributed by atoms with Gasteiger partial charge in [-0.1, -0.05) is 11.3 Å². The lowest BCUT2D eigenvalue weighted by Crippen LogP contribution is -2.42. The van der Waals surface area contributed by atoms with Gasteiger partial charge in [0.15, 0.2) is 17.4 Å². The zero-order valence-electron chi connectivity index (χ0n) is 24.8. The maximum absolute atomic E-state index is 15.1. The van der Waals surface area contributed by atoms with Crippen LogP contribution in [0.3, 0.4) is 0 Å². The molecule has 9 nitrogen and oxygen atoms in total. The van der Waals surface area contributed by atoms with E-state index in [4.69, 9.17) is 9.72 Å². The topological polar surface area (TPSA) is 87.6 Å². The molecule has 12 heteroatoms. The van der Waals surface area contributed by atoms with E-state index < -0.39 is 11.6 Å². The van der Waals surface area contributed by atoms with Crippen molar-refractivity contribution in [1.29, 1.82) is 0 Å². The number of thiazole rings is 1. The summed E-state index contributed by atoms with van der Waals surface area (Å²) in [6, 6.07) is 5.10. The number of hydrogen-bond acceptors (Lipinski definition) is 9. The number of benzene rings is 1. The average molecular weight is 608 g/mol. The Morgan fingerprint density at radius 1 is 1.07 bits per heavy atom. The van der Waals surface area contributed by atoms with Crippen molar-refractivity contribution in [3.05, 3.63) is 58.6 Å². The molecule has 4 aromatic rings. The standard InChI is InChI=1S/C31H35F2N7O2S/c1-18(2)40-9-10-42-29-22(32)13-21(14-25(29)40)28-23(33)16-34-26(37-28)12-19-11-24-31(35-15-19)43-30(36-24)20-5-7-39(8-6-20)27(41)17-38(3)4/h11,13-16,18,20H,5-10,12,17H2,1-4H3. The van der Waals surface area contributed by atoms with E-state index in [9.17, 15) is 9.18 Å². The number of ether oxygens (including phenoxy) is 1. The quantitative estimate of drug-likeness (QED) is 0.294. The van der Waals surface area contributed by atoms with Gasteiger partial charge in [0.05, 0.1) is 30.0 Å². The Morgan fingerprint density at radius 2 is 1.86 bits per heavy atom. The highest BCUT2D eigenvalue weighted by atomic mass is 32.1. The Labute approximate surface area is 253 Å². The second-order valence-corrected chi connectivity index (χ2v) is 12.7. The summed E-state index contributed by atoms with van der Waals surface area (Å²) in [4.78, 5) is 37.4. The minimum Gasteiger partial charge on any atom is -0.486 e. The number of likely N-dealkylation sites (tertiary alicyclic amines) is 1. The zero-order valence-corrected chi connectivity index (χ0v) is 25.6. The molecule has 0 bridgehead atoms. The third kappa shape index (κ3) is 6.16. The predicted molar refractivity (Wildman–Crippen MR) is 163 cm³/mol. The molecule has 0 N–H and O–H groups in total. The molecule has 226 valence electrons. The van der Waals surface area contributed by atoms with Crippen LogP contribution in [0.1, 0.15) is 49.0 Å². The third-order valence-corrected chi connectivity index (χ3v) is 9.08. The lowest BCUT2D eigenvalue weighted by atomic mass is 9.97. The molecule has 0 atom stereocenters. The van der Waals surface area contributed by atoms with Crippen LogP contribution in [0.25, 0.3) is 21.6 Å². The predicted octanol–water partition coefficient (Wildman–Crippen LogP) is 4.89. The molecule has 43 heavy (non-hydrogen) atoms. The Hall–Kier alpha value is -3.77. The van der Waals surface area contributed by atoms with Gasteiger partial charge in [-0.05, 0) is 64.5 Å². The van der Waals surface area contributed by atoms with Crippen molar-refractivity contribution >= 4 is 33.3 Å². The fraction of sp³-hybridized carbons (Fsp3) is 0.452. The van der Waals surface area contributed by atoms with Gasteiger partial charge in [-0.25, -0.2) is 28.7 Å². The van der Waals surface area contributed by atoms with Crippen molar-refractivity contribution < 1.29 is 18.3 Å².